The first-order chi connectivity index (χ1) is 8.04. The van der Waals surface area contributed by atoms with Crippen molar-refractivity contribution in [1.82, 2.24) is 5.32 Å². The zero-order valence-corrected chi connectivity index (χ0v) is 10.3. The number of carbonyl (C=O) groups is 2. The minimum Gasteiger partial charge on any atom is -0.382 e. The van der Waals surface area contributed by atoms with Crippen LogP contribution in [0.25, 0.3) is 0 Å². The van der Waals surface area contributed by atoms with Crippen LogP contribution in [0.3, 0.4) is 0 Å². The third-order valence-electron chi connectivity index (χ3n) is 2.44. The molecule has 0 aliphatic rings. The Morgan fingerprint density at radius 3 is 2.35 bits per heavy atom. The number of hydrogen-bond donors (Lipinski definition) is 1. The average Bonchev–Trinajstić information content (AvgIpc) is 2.29. The number of ketones is 1. The van der Waals surface area contributed by atoms with Crippen LogP contribution in [0.2, 0.25) is 0 Å². The third-order valence-corrected chi connectivity index (χ3v) is 2.44. The number of rotatable bonds is 5. The number of benzene rings is 1. The standard InChI is InChI=1S/C13H17NO3/c1-9-4-6-11(7-5-9)13(16)14-12(8-17-3)10(2)15/h4-7,12H,8H2,1-3H3,(H,14,16). The molecule has 1 amide bonds. The molecule has 0 spiro atoms. The first-order valence-electron chi connectivity index (χ1n) is 5.41. The van der Waals surface area contributed by atoms with Crippen molar-refractivity contribution < 1.29 is 14.3 Å². The van der Waals surface area contributed by atoms with Gasteiger partial charge in [-0.15, -0.1) is 0 Å². The molecule has 0 saturated heterocycles. The summed E-state index contributed by atoms with van der Waals surface area (Å²) >= 11 is 0. The van der Waals surface area contributed by atoms with Gasteiger partial charge in [0.05, 0.1) is 6.61 Å². The molecule has 17 heavy (non-hydrogen) atoms. The van der Waals surface area contributed by atoms with E-state index in [0.717, 1.165) is 5.56 Å². The van der Waals surface area contributed by atoms with Crippen molar-refractivity contribution in [3.8, 4) is 0 Å². The fraction of sp³-hybridized carbons (Fsp3) is 0.385. The predicted octanol–water partition coefficient (Wildman–Crippen LogP) is 1.33. The second-order valence-corrected chi connectivity index (χ2v) is 3.96. The van der Waals surface area contributed by atoms with Crippen LogP contribution in [0.1, 0.15) is 22.8 Å². The lowest BCUT2D eigenvalue weighted by atomic mass is 10.1. The summed E-state index contributed by atoms with van der Waals surface area (Å²) in [4.78, 5) is 23.1. The van der Waals surface area contributed by atoms with E-state index < -0.39 is 6.04 Å². The van der Waals surface area contributed by atoms with Crippen LogP contribution in [0.4, 0.5) is 0 Å². The van der Waals surface area contributed by atoms with Gasteiger partial charge in [-0.3, -0.25) is 9.59 Å². The Balaban J connectivity index is 2.70. The second kappa shape index (κ2) is 6.15. The highest BCUT2D eigenvalue weighted by molar-refractivity contribution is 5.97. The summed E-state index contributed by atoms with van der Waals surface area (Å²) in [5.41, 5.74) is 1.62. The van der Waals surface area contributed by atoms with Gasteiger partial charge in [0.15, 0.2) is 5.78 Å². The number of amides is 1. The van der Waals surface area contributed by atoms with E-state index in [1.807, 2.05) is 19.1 Å². The number of ether oxygens (including phenoxy) is 1. The maximum atomic E-state index is 11.8. The third kappa shape index (κ3) is 4.00. The fourth-order valence-corrected chi connectivity index (χ4v) is 1.37. The van der Waals surface area contributed by atoms with Crippen molar-refractivity contribution >= 4 is 11.7 Å². The molecule has 0 aromatic heterocycles. The molecule has 92 valence electrons. The summed E-state index contributed by atoms with van der Waals surface area (Å²) in [6.45, 7) is 3.57. The van der Waals surface area contributed by atoms with Gasteiger partial charge < -0.3 is 10.1 Å². The number of Topliss-reactive ketones (excluding diaryl/α,β-unsaturated/α-hetero) is 1. The summed E-state index contributed by atoms with van der Waals surface area (Å²) in [6.07, 6.45) is 0. The monoisotopic (exact) mass is 235 g/mol. The van der Waals surface area contributed by atoms with E-state index in [1.165, 1.54) is 14.0 Å². The maximum Gasteiger partial charge on any atom is 0.251 e. The molecule has 0 aliphatic carbocycles. The van der Waals surface area contributed by atoms with Crippen LogP contribution >= 0.6 is 0 Å². The molecule has 1 aromatic rings. The lowest BCUT2D eigenvalue weighted by Gasteiger charge is -2.14. The van der Waals surface area contributed by atoms with Gasteiger partial charge in [0.25, 0.3) is 5.91 Å². The van der Waals surface area contributed by atoms with Crippen LogP contribution in [-0.2, 0) is 9.53 Å². The Hall–Kier alpha value is -1.68. The van der Waals surface area contributed by atoms with E-state index in [2.05, 4.69) is 5.32 Å². The van der Waals surface area contributed by atoms with Crippen LogP contribution in [-0.4, -0.2) is 31.4 Å². The van der Waals surface area contributed by atoms with Crippen molar-refractivity contribution in [3.63, 3.8) is 0 Å². The minimum atomic E-state index is -0.589. The highest BCUT2D eigenvalue weighted by Gasteiger charge is 2.17. The van der Waals surface area contributed by atoms with E-state index in [4.69, 9.17) is 4.74 Å². The van der Waals surface area contributed by atoms with Gasteiger partial charge in [0.2, 0.25) is 0 Å². The van der Waals surface area contributed by atoms with E-state index in [9.17, 15) is 9.59 Å². The van der Waals surface area contributed by atoms with Gasteiger partial charge >= 0.3 is 0 Å². The van der Waals surface area contributed by atoms with Gasteiger partial charge in [0.1, 0.15) is 6.04 Å². The average molecular weight is 235 g/mol. The lowest BCUT2D eigenvalue weighted by molar-refractivity contribution is -0.119. The van der Waals surface area contributed by atoms with Gasteiger partial charge in [-0.05, 0) is 26.0 Å². The van der Waals surface area contributed by atoms with Crippen molar-refractivity contribution in [2.45, 2.75) is 19.9 Å². The number of aryl methyl sites for hydroxylation is 1. The number of hydrogen-bond acceptors (Lipinski definition) is 3. The molecule has 0 aliphatic heterocycles. The Bertz CT molecular complexity index is 398. The molecule has 1 atom stereocenters. The van der Waals surface area contributed by atoms with Gasteiger partial charge in [-0.25, -0.2) is 0 Å². The highest BCUT2D eigenvalue weighted by Crippen LogP contribution is 2.03. The van der Waals surface area contributed by atoms with Crippen molar-refractivity contribution in [1.29, 1.82) is 0 Å². The summed E-state index contributed by atoms with van der Waals surface area (Å²) < 4.78 is 4.89. The van der Waals surface area contributed by atoms with E-state index >= 15 is 0 Å². The summed E-state index contributed by atoms with van der Waals surface area (Å²) in [6, 6.07) is 6.58. The molecule has 1 rings (SSSR count). The minimum absolute atomic E-state index is 0.118. The van der Waals surface area contributed by atoms with Crippen LogP contribution in [0.15, 0.2) is 24.3 Å². The Kier molecular flexibility index (Phi) is 4.84. The molecular weight excluding hydrogens is 218 g/mol. The first-order valence-corrected chi connectivity index (χ1v) is 5.41. The topological polar surface area (TPSA) is 55.4 Å². The molecule has 1 aromatic carbocycles. The number of nitrogens with one attached hydrogen (secondary N) is 1. The second-order valence-electron chi connectivity index (χ2n) is 3.96. The molecule has 1 N–H and O–H groups in total. The molecule has 0 saturated carbocycles. The molecule has 1 unspecified atom stereocenters. The van der Waals surface area contributed by atoms with Gasteiger partial charge in [-0.2, -0.15) is 0 Å². The van der Waals surface area contributed by atoms with Crippen LogP contribution in [0.5, 0.6) is 0 Å². The number of methoxy groups -OCH3 is 1. The predicted molar refractivity (Wildman–Crippen MR) is 65.0 cm³/mol. The Morgan fingerprint density at radius 2 is 1.88 bits per heavy atom. The van der Waals surface area contributed by atoms with Crippen molar-refractivity contribution in [2.24, 2.45) is 0 Å². The smallest absolute Gasteiger partial charge is 0.251 e. The maximum absolute atomic E-state index is 11.8. The fourth-order valence-electron chi connectivity index (χ4n) is 1.37. The Morgan fingerprint density at radius 1 is 1.29 bits per heavy atom. The SMILES string of the molecule is COCC(NC(=O)c1ccc(C)cc1)C(C)=O. The quantitative estimate of drug-likeness (QED) is 0.837. The van der Waals surface area contributed by atoms with Gasteiger partial charge in [0, 0.05) is 12.7 Å². The van der Waals surface area contributed by atoms with Crippen molar-refractivity contribution in [3.05, 3.63) is 35.4 Å². The van der Waals surface area contributed by atoms with Gasteiger partial charge in [-0.1, -0.05) is 17.7 Å². The molecule has 0 heterocycles. The Labute approximate surface area is 101 Å². The number of carbonyl (C=O) groups excluding carboxylic acids is 2. The van der Waals surface area contributed by atoms with Crippen LogP contribution in [0, 0.1) is 6.92 Å². The summed E-state index contributed by atoms with van der Waals surface area (Å²) in [7, 11) is 1.49. The molecule has 0 radical (unpaired) electrons. The summed E-state index contributed by atoms with van der Waals surface area (Å²) in [5, 5.41) is 2.64. The van der Waals surface area contributed by atoms with E-state index in [-0.39, 0.29) is 18.3 Å². The first kappa shape index (κ1) is 13.4. The normalized spacial score (nSPS) is 11.9. The van der Waals surface area contributed by atoms with Crippen LogP contribution < -0.4 is 5.32 Å². The lowest BCUT2D eigenvalue weighted by Crippen LogP contribution is -2.42. The zero-order valence-electron chi connectivity index (χ0n) is 10.3. The van der Waals surface area contributed by atoms with E-state index in [1.54, 1.807) is 12.1 Å². The molecule has 4 heteroatoms. The molecular formula is C13H17NO3. The van der Waals surface area contributed by atoms with E-state index in [0.29, 0.717) is 5.56 Å². The highest BCUT2D eigenvalue weighted by atomic mass is 16.5. The van der Waals surface area contributed by atoms with Crippen molar-refractivity contribution in [2.75, 3.05) is 13.7 Å². The zero-order chi connectivity index (χ0) is 12.8. The molecule has 0 fully saturated rings. The molecule has 0 bridgehead atoms. The largest absolute Gasteiger partial charge is 0.382 e. The summed E-state index contributed by atoms with van der Waals surface area (Å²) in [5.74, 6) is -0.380. The molecule has 4 nitrogen and oxygen atoms in total.